The number of hydrogen-bond donors (Lipinski definition) is 5. The molecule has 0 aliphatic carbocycles. The predicted octanol–water partition coefficient (Wildman–Crippen LogP) is 5.12. The number of hydrogen-bond acceptors (Lipinski definition) is 5. The largest absolute Gasteiger partial charge is 0.374 e. The van der Waals surface area contributed by atoms with Gasteiger partial charge in [-0.15, -0.1) is 0 Å². The summed E-state index contributed by atoms with van der Waals surface area (Å²) in [5.41, 5.74) is 3.57. The van der Waals surface area contributed by atoms with Gasteiger partial charge < -0.3 is 30.7 Å². The molecule has 3 atom stereocenters. The Morgan fingerprint density at radius 2 is 1.26 bits per heavy atom. The van der Waals surface area contributed by atoms with Crippen molar-refractivity contribution < 1.29 is 23.9 Å². The normalized spacial score (nSPS) is 13.4. The number of aromatic amines is 2. The number of ketones is 1. The third-order valence-corrected chi connectivity index (χ3v) is 8.35. The van der Waals surface area contributed by atoms with E-state index in [2.05, 4.69) is 32.8 Å². The number of nitrogens with one attached hydrogen (secondary N) is 5. The average molecular weight is 644 g/mol. The zero-order valence-electron chi connectivity index (χ0n) is 28.0. The molecule has 47 heavy (non-hydrogen) atoms. The van der Waals surface area contributed by atoms with Gasteiger partial charge in [0.1, 0.15) is 18.7 Å². The van der Waals surface area contributed by atoms with Crippen LogP contribution >= 0.6 is 0 Å². The van der Waals surface area contributed by atoms with E-state index >= 15 is 0 Å². The minimum atomic E-state index is -1.02. The number of unbranched alkanes of at least 4 members (excludes halogenated alkanes) is 2. The van der Waals surface area contributed by atoms with E-state index in [-0.39, 0.29) is 37.1 Å². The van der Waals surface area contributed by atoms with Crippen molar-refractivity contribution >= 4 is 45.3 Å². The van der Waals surface area contributed by atoms with Crippen LogP contribution in [0.5, 0.6) is 0 Å². The number of ether oxygens (including phenoxy) is 1. The van der Waals surface area contributed by atoms with E-state index < -0.39 is 29.9 Å². The summed E-state index contributed by atoms with van der Waals surface area (Å²) in [5, 5.41) is 10.7. The summed E-state index contributed by atoms with van der Waals surface area (Å²) < 4.78 is 5.36. The van der Waals surface area contributed by atoms with E-state index in [9.17, 15) is 19.2 Å². The van der Waals surface area contributed by atoms with Gasteiger partial charge in [-0.1, -0.05) is 70.0 Å². The highest BCUT2D eigenvalue weighted by Crippen LogP contribution is 2.21. The van der Waals surface area contributed by atoms with Crippen molar-refractivity contribution in [2.45, 2.75) is 90.8 Å². The quantitative estimate of drug-likeness (QED) is 0.0901. The van der Waals surface area contributed by atoms with Gasteiger partial charge in [0.15, 0.2) is 5.78 Å². The molecule has 10 nitrogen and oxygen atoms in total. The van der Waals surface area contributed by atoms with Crippen molar-refractivity contribution in [3.63, 3.8) is 0 Å². The van der Waals surface area contributed by atoms with Crippen molar-refractivity contribution in [3.8, 4) is 0 Å². The molecule has 2 aromatic carbocycles. The molecule has 0 unspecified atom stereocenters. The van der Waals surface area contributed by atoms with Gasteiger partial charge in [0.05, 0.1) is 6.04 Å². The molecular weight excluding hydrogens is 594 g/mol. The molecule has 0 saturated carbocycles. The summed E-state index contributed by atoms with van der Waals surface area (Å²) in [5.74, 6) is -1.24. The first-order valence-corrected chi connectivity index (χ1v) is 16.8. The molecule has 0 saturated heterocycles. The van der Waals surface area contributed by atoms with Gasteiger partial charge in [-0.2, -0.15) is 0 Å². The van der Waals surface area contributed by atoms with Gasteiger partial charge in [-0.3, -0.25) is 19.2 Å². The number of amides is 3. The average Bonchev–Trinajstić information content (AvgIpc) is 3.66. The van der Waals surface area contributed by atoms with Crippen LogP contribution < -0.4 is 16.0 Å². The summed E-state index contributed by atoms with van der Waals surface area (Å²) in [7, 11) is 0. The third kappa shape index (κ3) is 10.0. The molecule has 0 aliphatic rings. The molecule has 2 aromatic heterocycles. The Balaban J connectivity index is 1.62. The number of aromatic nitrogens is 2. The Bertz CT molecular complexity index is 1640. The molecule has 10 heteroatoms. The third-order valence-electron chi connectivity index (χ3n) is 8.35. The van der Waals surface area contributed by atoms with Crippen molar-refractivity contribution in [2.24, 2.45) is 5.92 Å². The van der Waals surface area contributed by atoms with Crippen LogP contribution in [0.1, 0.15) is 70.9 Å². The molecule has 3 amide bonds. The van der Waals surface area contributed by atoms with Crippen molar-refractivity contribution in [2.75, 3.05) is 13.2 Å². The highest BCUT2D eigenvalue weighted by atomic mass is 16.5. The van der Waals surface area contributed by atoms with Crippen molar-refractivity contribution in [1.29, 1.82) is 0 Å². The second-order valence-electron chi connectivity index (χ2n) is 12.6. The van der Waals surface area contributed by atoms with E-state index in [0.717, 1.165) is 52.2 Å². The Labute approximate surface area is 276 Å². The van der Waals surface area contributed by atoms with Crippen LogP contribution in [-0.4, -0.2) is 64.8 Å². The molecular formula is C37H49N5O5. The van der Waals surface area contributed by atoms with Gasteiger partial charge in [0.2, 0.25) is 17.7 Å². The first-order chi connectivity index (χ1) is 22.7. The summed E-state index contributed by atoms with van der Waals surface area (Å²) in [6.45, 7) is 8.12. The van der Waals surface area contributed by atoms with E-state index in [4.69, 9.17) is 4.74 Å². The Hall–Kier alpha value is -4.44. The number of carbonyl (C=O) groups is 4. The number of Topliss-reactive ketones (excluding diaryl/α,β-unsaturated/α-hetero) is 1. The first-order valence-electron chi connectivity index (χ1n) is 16.8. The number of para-hydroxylation sites is 2. The summed E-state index contributed by atoms with van der Waals surface area (Å²) in [6, 6.07) is 12.8. The van der Waals surface area contributed by atoms with Gasteiger partial charge >= 0.3 is 0 Å². The lowest BCUT2D eigenvalue weighted by molar-refractivity contribution is -0.134. The molecule has 0 radical (unpaired) electrons. The fourth-order valence-corrected chi connectivity index (χ4v) is 5.85. The van der Waals surface area contributed by atoms with Crippen LogP contribution in [0, 0.1) is 5.92 Å². The zero-order chi connectivity index (χ0) is 33.8. The minimum absolute atomic E-state index is 0.107. The van der Waals surface area contributed by atoms with Crippen LogP contribution in [0.25, 0.3) is 21.8 Å². The highest BCUT2D eigenvalue weighted by Gasteiger charge is 2.31. The Morgan fingerprint density at radius 3 is 1.79 bits per heavy atom. The maximum Gasteiger partial charge on any atom is 0.243 e. The molecule has 0 spiro atoms. The standard InChI is InChI=1S/C37H49N5O5/c1-5-7-8-17-35(44)40-32(19-25-21-38-29-15-11-9-13-27(25)29)36(45)42-33(20-26-22-39-30-16-12-10-14-28(26)30)37(46)41-31(18-24(3)4)34(43)23-47-6-2/h9-16,21-22,24,31-33,38-39H,5-8,17-20,23H2,1-4H3,(H,40,44)(H,41,46)(H,42,45)/t31-,32-,33-/m0/s1. The topological polar surface area (TPSA) is 145 Å². The van der Waals surface area contributed by atoms with E-state index in [1.807, 2.05) is 81.7 Å². The Morgan fingerprint density at radius 1 is 0.723 bits per heavy atom. The minimum Gasteiger partial charge on any atom is -0.374 e. The maximum absolute atomic E-state index is 14.1. The van der Waals surface area contributed by atoms with Crippen LogP contribution in [0.2, 0.25) is 0 Å². The van der Waals surface area contributed by atoms with Crippen LogP contribution in [0.15, 0.2) is 60.9 Å². The van der Waals surface area contributed by atoms with Gasteiger partial charge in [-0.05, 0) is 48.9 Å². The lowest BCUT2D eigenvalue weighted by atomic mass is 9.98. The van der Waals surface area contributed by atoms with Gasteiger partial charge in [-0.25, -0.2) is 0 Å². The van der Waals surface area contributed by atoms with Crippen molar-refractivity contribution in [3.05, 3.63) is 72.1 Å². The second kappa shape index (κ2) is 17.5. The molecule has 0 bridgehead atoms. The van der Waals surface area contributed by atoms with Crippen molar-refractivity contribution in [1.82, 2.24) is 25.9 Å². The van der Waals surface area contributed by atoms with E-state index in [0.29, 0.717) is 19.4 Å². The fourth-order valence-electron chi connectivity index (χ4n) is 5.85. The predicted molar refractivity (Wildman–Crippen MR) is 185 cm³/mol. The molecule has 2 heterocycles. The summed E-state index contributed by atoms with van der Waals surface area (Å²) in [4.78, 5) is 60.7. The van der Waals surface area contributed by atoms with Gasteiger partial charge in [0.25, 0.3) is 0 Å². The van der Waals surface area contributed by atoms with Crippen LogP contribution in [0.4, 0.5) is 0 Å². The number of benzene rings is 2. The second-order valence-corrected chi connectivity index (χ2v) is 12.6. The molecule has 0 aliphatic heterocycles. The molecule has 0 fully saturated rings. The SMILES string of the molecule is CCCCCC(=O)N[C@@H](Cc1c[nH]c2ccccc12)C(=O)N[C@@H](Cc1c[nH]c2ccccc12)C(=O)N[C@@H](CC(C)C)C(=O)COCC. The number of carbonyl (C=O) groups excluding carboxylic acids is 4. The number of fused-ring (bicyclic) bond motifs is 2. The molecule has 5 N–H and O–H groups in total. The smallest absolute Gasteiger partial charge is 0.243 e. The lowest BCUT2D eigenvalue weighted by Crippen LogP contribution is -2.57. The molecule has 4 rings (SSSR count). The van der Waals surface area contributed by atoms with Gasteiger partial charge in [0, 0.05) is 60.1 Å². The number of rotatable bonds is 19. The summed E-state index contributed by atoms with van der Waals surface area (Å²) >= 11 is 0. The van der Waals surface area contributed by atoms with Crippen LogP contribution in [-0.2, 0) is 36.8 Å². The summed E-state index contributed by atoms with van der Waals surface area (Å²) in [6.07, 6.45) is 7.46. The Kier molecular flexibility index (Phi) is 13.2. The lowest BCUT2D eigenvalue weighted by Gasteiger charge is -2.26. The molecule has 4 aromatic rings. The van der Waals surface area contributed by atoms with E-state index in [1.165, 1.54) is 0 Å². The highest BCUT2D eigenvalue weighted by molar-refractivity contribution is 5.96. The maximum atomic E-state index is 14.1. The monoisotopic (exact) mass is 643 g/mol. The molecule has 252 valence electrons. The first kappa shape index (κ1) is 35.4. The van der Waals surface area contributed by atoms with Crippen LogP contribution in [0.3, 0.4) is 0 Å². The fraction of sp³-hybridized carbons (Fsp3) is 0.459. The van der Waals surface area contributed by atoms with E-state index in [1.54, 1.807) is 0 Å². The number of H-pyrrole nitrogens is 2. The zero-order valence-corrected chi connectivity index (χ0v) is 28.0.